The Hall–Kier alpha value is -1.66. The number of methoxy groups -OCH3 is 1. The van der Waals surface area contributed by atoms with Crippen LogP contribution in [0.4, 0.5) is 0 Å². The highest BCUT2D eigenvalue weighted by Crippen LogP contribution is 2.37. The van der Waals surface area contributed by atoms with Crippen molar-refractivity contribution < 1.29 is 9.47 Å². The van der Waals surface area contributed by atoms with Gasteiger partial charge in [-0.15, -0.1) is 0 Å². The summed E-state index contributed by atoms with van der Waals surface area (Å²) in [5, 5.41) is 2.36. The Morgan fingerprint density at radius 3 is 2.27 bits per heavy atom. The number of nitrogens with zero attached hydrogens (tertiary/aromatic N) is 2. The van der Waals surface area contributed by atoms with E-state index in [0.29, 0.717) is 23.3 Å². The zero-order chi connectivity index (χ0) is 21.7. The molecule has 0 aliphatic carbocycles. The van der Waals surface area contributed by atoms with Gasteiger partial charge in [-0.25, -0.2) is 4.98 Å². The molecule has 0 saturated heterocycles. The fourth-order valence-electron chi connectivity index (χ4n) is 3.10. The molecule has 0 spiro atoms. The van der Waals surface area contributed by atoms with Gasteiger partial charge in [0.1, 0.15) is 23.2 Å². The molecule has 3 aromatic rings. The Morgan fingerprint density at radius 1 is 1.03 bits per heavy atom. The van der Waals surface area contributed by atoms with E-state index in [1.807, 2.05) is 36.4 Å². The summed E-state index contributed by atoms with van der Waals surface area (Å²) < 4.78 is 13.4. The molecule has 0 saturated carbocycles. The van der Waals surface area contributed by atoms with E-state index in [1.54, 1.807) is 24.9 Å². The van der Waals surface area contributed by atoms with Crippen molar-refractivity contribution in [2.75, 3.05) is 7.11 Å². The van der Waals surface area contributed by atoms with Crippen molar-refractivity contribution in [1.82, 2.24) is 9.55 Å². The lowest BCUT2D eigenvalue weighted by atomic mass is 10.1. The van der Waals surface area contributed by atoms with Crippen LogP contribution in [0.15, 0.2) is 52.4 Å². The van der Waals surface area contributed by atoms with Gasteiger partial charge in [-0.3, -0.25) is 0 Å². The van der Waals surface area contributed by atoms with Crippen molar-refractivity contribution in [2.45, 2.75) is 56.4 Å². The van der Waals surface area contributed by atoms with Crippen LogP contribution in [0.2, 0.25) is 10.0 Å². The van der Waals surface area contributed by atoms with E-state index >= 15 is 0 Å². The maximum Gasteiger partial charge on any atom is 0.136 e. The predicted molar refractivity (Wildman–Crippen MR) is 124 cm³/mol. The van der Waals surface area contributed by atoms with E-state index in [4.69, 9.17) is 37.7 Å². The van der Waals surface area contributed by atoms with Crippen molar-refractivity contribution in [1.29, 1.82) is 0 Å². The van der Waals surface area contributed by atoms with Crippen molar-refractivity contribution in [3.63, 3.8) is 0 Å². The Morgan fingerprint density at radius 2 is 1.70 bits per heavy atom. The molecule has 0 N–H and O–H groups in total. The fraction of sp³-hybridized carbons (Fsp3) is 0.348. The Labute approximate surface area is 192 Å². The van der Waals surface area contributed by atoms with Gasteiger partial charge in [-0.2, -0.15) is 0 Å². The lowest BCUT2D eigenvalue weighted by Gasteiger charge is -2.12. The molecule has 30 heavy (non-hydrogen) atoms. The normalized spacial score (nSPS) is 11.3. The molecule has 160 valence electrons. The highest BCUT2D eigenvalue weighted by atomic mass is 35.5. The van der Waals surface area contributed by atoms with E-state index < -0.39 is 0 Å². The van der Waals surface area contributed by atoms with Crippen LogP contribution >= 0.6 is 35.0 Å². The quantitative estimate of drug-likeness (QED) is 0.335. The second kappa shape index (κ2) is 10.6. The van der Waals surface area contributed by atoms with Crippen molar-refractivity contribution >= 4 is 35.0 Å². The Kier molecular flexibility index (Phi) is 8.12. The molecule has 7 heteroatoms. The molecule has 0 radical (unpaired) electrons. The molecule has 1 heterocycles. The predicted octanol–water partition coefficient (Wildman–Crippen LogP) is 7.21. The third-order valence-corrected chi connectivity index (χ3v) is 6.13. The first kappa shape index (κ1) is 23.0. The van der Waals surface area contributed by atoms with E-state index in [2.05, 4.69) is 25.3 Å². The minimum absolute atomic E-state index is 0.287. The monoisotopic (exact) mass is 464 g/mol. The van der Waals surface area contributed by atoms with Gasteiger partial charge in [0.05, 0.1) is 19.4 Å². The summed E-state index contributed by atoms with van der Waals surface area (Å²) in [6.45, 7) is 8.18. The minimum Gasteiger partial charge on any atom is -0.497 e. The van der Waals surface area contributed by atoms with Crippen LogP contribution in [-0.4, -0.2) is 16.7 Å². The molecule has 0 unspecified atom stereocenters. The number of hydrogen-bond acceptors (Lipinski definition) is 4. The number of benzene rings is 2. The fourth-order valence-corrected chi connectivity index (χ4v) is 5.08. The van der Waals surface area contributed by atoms with Crippen molar-refractivity contribution in [3.05, 3.63) is 69.6 Å². The smallest absolute Gasteiger partial charge is 0.136 e. The Bertz CT molecular complexity index is 967. The molecule has 0 aliphatic heterocycles. The summed E-state index contributed by atoms with van der Waals surface area (Å²) in [7, 11) is 1.66. The molecule has 0 aliphatic rings. The highest BCUT2D eigenvalue weighted by molar-refractivity contribution is 7.99. The topological polar surface area (TPSA) is 36.3 Å². The summed E-state index contributed by atoms with van der Waals surface area (Å²) in [6.07, 6.45) is 0. The summed E-state index contributed by atoms with van der Waals surface area (Å²) in [6, 6.07) is 13.5. The van der Waals surface area contributed by atoms with E-state index in [1.165, 1.54) is 0 Å². The maximum atomic E-state index is 6.20. The van der Waals surface area contributed by atoms with Crippen LogP contribution in [0.1, 0.15) is 43.8 Å². The SMILES string of the molecule is CCn1c(COCc2ccc(OC)cc2)nc(C(C)C)c1Sc1cc(Cl)cc(Cl)c1. The number of aromatic nitrogens is 2. The third-order valence-electron chi connectivity index (χ3n) is 4.60. The van der Waals surface area contributed by atoms with Gasteiger partial charge in [-0.1, -0.05) is 60.9 Å². The van der Waals surface area contributed by atoms with E-state index in [-0.39, 0.29) is 5.92 Å². The second-order valence-corrected chi connectivity index (χ2v) is 9.10. The molecular formula is C23H26Cl2N2O2S. The number of ether oxygens (including phenoxy) is 2. The largest absolute Gasteiger partial charge is 0.497 e. The molecule has 4 nitrogen and oxygen atoms in total. The van der Waals surface area contributed by atoms with Crippen molar-refractivity contribution in [2.24, 2.45) is 0 Å². The number of imidazole rings is 1. The van der Waals surface area contributed by atoms with E-state index in [9.17, 15) is 0 Å². The maximum absolute atomic E-state index is 6.20. The highest BCUT2D eigenvalue weighted by Gasteiger charge is 2.20. The van der Waals surface area contributed by atoms with Gasteiger partial charge in [0.25, 0.3) is 0 Å². The lowest BCUT2D eigenvalue weighted by Crippen LogP contribution is -2.05. The Balaban J connectivity index is 1.79. The van der Waals surface area contributed by atoms with Crippen LogP contribution in [-0.2, 0) is 24.5 Å². The molecule has 0 amide bonds. The van der Waals surface area contributed by atoms with Crippen LogP contribution in [0.25, 0.3) is 0 Å². The lowest BCUT2D eigenvalue weighted by molar-refractivity contribution is 0.0989. The standard InChI is InChI=1S/C23H26Cl2N2O2S/c1-5-27-21(14-29-13-16-6-8-19(28-4)9-7-16)26-22(15(2)3)23(27)30-20-11-17(24)10-18(25)12-20/h6-12,15H,5,13-14H2,1-4H3. The summed E-state index contributed by atoms with van der Waals surface area (Å²) in [5.74, 6) is 2.05. The van der Waals surface area contributed by atoms with Crippen molar-refractivity contribution in [3.8, 4) is 5.75 Å². The first-order chi connectivity index (χ1) is 14.4. The zero-order valence-electron chi connectivity index (χ0n) is 17.6. The van der Waals surface area contributed by atoms with Gasteiger partial charge >= 0.3 is 0 Å². The van der Waals surface area contributed by atoms with Gasteiger partial charge in [0, 0.05) is 21.5 Å². The number of halogens is 2. The van der Waals surface area contributed by atoms with Gasteiger partial charge in [0.15, 0.2) is 0 Å². The van der Waals surface area contributed by atoms with E-state index in [0.717, 1.165) is 39.3 Å². The van der Waals surface area contributed by atoms with Crippen LogP contribution in [0.5, 0.6) is 5.75 Å². The zero-order valence-corrected chi connectivity index (χ0v) is 19.9. The molecular weight excluding hydrogens is 439 g/mol. The van der Waals surface area contributed by atoms with Crippen LogP contribution < -0.4 is 4.74 Å². The first-order valence-corrected chi connectivity index (χ1v) is 11.4. The summed E-state index contributed by atoms with van der Waals surface area (Å²) in [4.78, 5) is 5.91. The number of hydrogen-bond donors (Lipinski definition) is 0. The third kappa shape index (κ3) is 5.73. The molecule has 0 fully saturated rings. The second-order valence-electron chi connectivity index (χ2n) is 7.17. The summed E-state index contributed by atoms with van der Waals surface area (Å²) >= 11 is 14.0. The van der Waals surface area contributed by atoms with Gasteiger partial charge in [0.2, 0.25) is 0 Å². The summed E-state index contributed by atoms with van der Waals surface area (Å²) in [5.41, 5.74) is 2.15. The molecule has 3 rings (SSSR count). The van der Waals surface area contributed by atoms with Gasteiger partial charge < -0.3 is 14.0 Å². The molecule has 1 aromatic heterocycles. The molecule has 2 aromatic carbocycles. The first-order valence-electron chi connectivity index (χ1n) is 9.85. The average Bonchev–Trinajstić information content (AvgIpc) is 3.05. The minimum atomic E-state index is 0.287. The molecule has 0 atom stereocenters. The molecule has 0 bridgehead atoms. The number of rotatable bonds is 9. The van der Waals surface area contributed by atoms with Gasteiger partial charge in [-0.05, 0) is 48.7 Å². The van der Waals surface area contributed by atoms with Crippen LogP contribution in [0, 0.1) is 0 Å². The average molecular weight is 465 g/mol. The van der Waals surface area contributed by atoms with Crippen LogP contribution in [0.3, 0.4) is 0 Å².